The van der Waals surface area contributed by atoms with Crippen LogP contribution in [0.1, 0.15) is 45.4 Å². The van der Waals surface area contributed by atoms with Crippen LogP contribution in [-0.2, 0) is 14.3 Å². The highest BCUT2D eigenvalue weighted by atomic mass is 16.5. The van der Waals surface area contributed by atoms with Crippen molar-refractivity contribution in [2.45, 2.75) is 57.6 Å². The quantitative estimate of drug-likeness (QED) is 0.831. The number of carbonyl (C=O) groups is 2. The smallest absolute Gasteiger partial charge is 0.251 e. The number of ether oxygens (including phenoxy) is 1. The van der Waals surface area contributed by atoms with Crippen molar-refractivity contribution in [1.82, 2.24) is 15.1 Å². The van der Waals surface area contributed by atoms with Gasteiger partial charge in [-0.1, -0.05) is 19.8 Å². The van der Waals surface area contributed by atoms with Crippen molar-refractivity contribution in [2.24, 2.45) is 5.92 Å². The molecule has 24 heavy (non-hydrogen) atoms. The van der Waals surface area contributed by atoms with Gasteiger partial charge in [-0.2, -0.15) is 0 Å². The molecule has 6 heteroatoms. The first kappa shape index (κ1) is 17.7. The van der Waals surface area contributed by atoms with Gasteiger partial charge in [-0.05, 0) is 31.6 Å². The fraction of sp³-hybridized carbons (Fsp3) is 0.889. The predicted octanol–water partition coefficient (Wildman–Crippen LogP) is 1.00. The highest BCUT2D eigenvalue weighted by Crippen LogP contribution is 2.23. The third kappa shape index (κ3) is 4.48. The average molecular weight is 337 g/mol. The van der Waals surface area contributed by atoms with Gasteiger partial charge in [0.2, 0.25) is 5.91 Å². The molecule has 3 rings (SSSR count). The van der Waals surface area contributed by atoms with Gasteiger partial charge in [0.05, 0.1) is 6.54 Å². The lowest BCUT2D eigenvalue weighted by Gasteiger charge is -2.36. The molecular formula is C18H31N3O3. The molecule has 1 saturated carbocycles. The van der Waals surface area contributed by atoms with E-state index in [9.17, 15) is 9.59 Å². The maximum atomic E-state index is 12.3. The molecule has 6 nitrogen and oxygen atoms in total. The van der Waals surface area contributed by atoms with Crippen LogP contribution in [0, 0.1) is 5.92 Å². The normalized spacial score (nSPS) is 31.9. The van der Waals surface area contributed by atoms with Crippen LogP contribution >= 0.6 is 0 Å². The van der Waals surface area contributed by atoms with Gasteiger partial charge in [0.25, 0.3) is 5.91 Å². The molecule has 0 spiro atoms. The average Bonchev–Trinajstić information content (AvgIpc) is 3.11. The van der Waals surface area contributed by atoms with Gasteiger partial charge in [0.1, 0.15) is 6.10 Å². The van der Waals surface area contributed by atoms with Gasteiger partial charge in [0.15, 0.2) is 0 Å². The summed E-state index contributed by atoms with van der Waals surface area (Å²) in [6, 6.07) is 0.341. The van der Waals surface area contributed by atoms with Gasteiger partial charge in [-0.25, -0.2) is 0 Å². The maximum Gasteiger partial charge on any atom is 0.251 e. The number of nitrogens with one attached hydrogen (secondary N) is 1. The van der Waals surface area contributed by atoms with Crippen LogP contribution < -0.4 is 5.32 Å². The molecule has 2 amide bonds. The number of hydrogen-bond acceptors (Lipinski definition) is 4. The highest BCUT2D eigenvalue weighted by molar-refractivity contribution is 5.81. The Balaban J connectivity index is 1.38. The number of amides is 2. The van der Waals surface area contributed by atoms with E-state index in [0.29, 0.717) is 38.2 Å². The second kappa shape index (κ2) is 8.30. The van der Waals surface area contributed by atoms with Crippen molar-refractivity contribution >= 4 is 11.8 Å². The summed E-state index contributed by atoms with van der Waals surface area (Å²) in [5.41, 5.74) is 0. The lowest BCUT2D eigenvalue weighted by molar-refractivity contribution is -0.142. The van der Waals surface area contributed by atoms with Crippen LogP contribution in [0.3, 0.4) is 0 Å². The van der Waals surface area contributed by atoms with Crippen LogP contribution in [0.4, 0.5) is 0 Å². The van der Waals surface area contributed by atoms with E-state index in [2.05, 4.69) is 17.1 Å². The number of nitrogens with zero attached hydrogens (tertiary/aromatic N) is 2. The largest absolute Gasteiger partial charge is 0.368 e. The summed E-state index contributed by atoms with van der Waals surface area (Å²) in [6.07, 6.45) is 6.43. The van der Waals surface area contributed by atoms with Crippen LogP contribution in [0.15, 0.2) is 0 Å². The van der Waals surface area contributed by atoms with E-state index in [1.807, 2.05) is 4.90 Å². The zero-order valence-corrected chi connectivity index (χ0v) is 14.8. The SMILES string of the molecule is C[C@@H]1CCCC[C@H]1NC(=O)CN1CCN(C(=O)[C@@H]2CCCO2)CC1. The molecule has 0 aromatic heterocycles. The molecule has 2 aliphatic heterocycles. The summed E-state index contributed by atoms with van der Waals surface area (Å²) >= 11 is 0. The zero-order valence-electron chi connectivity index (χ0n) is 14.8. The second-order valence-corrected chi connectivity index (χ2v) is 7.54. The standard InChI is InChI=1S/C18H31N3O3/c1-14-5-2-3-6-15(14)19-17(22)13-20-8-10-21(11-9-20)18(23)16-7-4-12-24-16/h14-16H,2-13H2,1H3,(H,19,22)/t14-,15-,16+/m1/s1. The third-order valence-electron chi connectivity index (χ3n) is 5.71. The Hall–Kier alpha value is -1.14. The van der Waals surface area contributed by atoms with Crippen LogP contribution in [0.25, 0.3) is 0 Å². The molecule has 2 heterocycles. The Morgan fingerprint density at radius 1 is 1.04 bits per heavy atom. The molecule has 3 fully saturated rings. The zero-order chi connectivity index (χ0) is 16.9. The molecule has 1 aliphatic carbocycles. The summed E-state index contributed by atoms with van der Waals surface area (Å²) in [7, 11) is 0. The molecular weight excluding hydrogens is 306 g/mol. The lowest BCUT2D eigenvalue weighted by Crippen LogP contribution is -2.54. The third-order valence-corrected chi connectivity index (χ3v) is 5.71. The molecule has 0 unspecified atom stereocenters. The minimum atomic E-state index is -0.229. The molecule has 3 atom stereocenters. The topological polar surface area (TPSA) is 61.9 Å². The van der Waals surface area contributed by atoms with E-state index >= 15 is 0 Å². The number of piperazine rings is 1. The van der Waals surface area contributed by atoms with Crippen LogP contribution in [0.2, 0.25) is 0 Å². The number of carbonyl (C=O) groups excluding carboxylic acids is 2. The van der Waals surface area contributed by atoms with E-state index < -0.39 is 0 Å². The number of rotatable bonds is 4. The van der Waals surface area contributed by atoms with E-state index in [4.69, 9.17) is 4.74 Å². The molecule has 1 N–H and O–H groups in total. The van der Waals surface area contributed by atoms with Gasteiger partial charge >= 0.3 is 0 Å². The van der Waals surface area contributed by atoms with Gasteiger partial charge in [-0.15, -0.1) is 0 Å². The van der Waals surface area contributed by atoms with Gasteiger partial charge < -0.3 is 15.0 Å². The van der Waals surface area contributed by atoms with Crippen molar-refractivity contribution in [1.29, 1.82) is 0 Å². The molecule has 0 bridgehead atoms. The monoisotopic (exact) mass is 337 g/mol. The Labute approximate surface area is 144 Å². The van der Waals surface area contributed by atoms with Crippen LogP contribution in [-0.4, -0.2) is 73.1 Å². The van der Waals surface area contributed by atoms with Crippen LogP contribution in [0.5, 0.6) is 0 Å². The van der Waals surface area contributed by atoms with Crippen molar-refractivity contribution in [3.05, 3.63) is 0 Å². The molecule has 3 aliphatic rings. The fourth-order valence-corrected chi connectivity index (χ4v) is 4.09. The fourth-order valence-electron chi connectivity index (χ4n) is 4.09. The van der Waals surface area contributed by atoms with E-state index in [1.54, 1.807) is 0 Å². The predicted molar refractivity (Wildman–Crippen MR) is 91.6 cm³/mol. The molecule has 136 valence electrons. The molecule has 2 saturated heterocycles. The van der Waals surface area contributed by atoms with Gasteiger partial charge in [-0.3, -0.25) is 14.5 Å². The van der Waals surface area contributed by atoms with Crippen molar-refractivity contribution in [2.75, 3.05) is 39.3 Å². The minimum Gasteiger partial charge on any atom is -0.368 e. The second-order valence-electron chi connectivity index (χ2n) is 7.54. The summed E-state index contributed by atoms with van der Waals surface area (Å²) in [4.78, 5) is 28.7. The summed E-state index contributed by atoms with van der Waals surface area (Å²) in [5, 5.41) is 3.21. The lowest BCUT2D eigenvalue weighted by atomic mass is 9.86. The molecule has 0 aromatic rings. The van der Waals surface area contributed by atoms with E-state index in [0.717, 1.165) is 32.4 Å². The molecule has 0 aromatic carbocycles. The van der Waals surface area contributed by atoms with Crippen molar-refractivity contribution < 1.29 is 14.3 Å². The summed E-state index contributed by atoms with van der Waals surface area (Å²) in [5.74, 6) is 0.851. The Bertz CT molecular complexity index is 443. The summed E-state index contributed by atoms with van der Waals surface area (Å²) in [6.45, 7) is 6.33. The maximum absolute atomic E-state index is 12.3. The van der Waals surface area contributed by atoms with Crippen molar-refractivity contribution in [3.63, 3.8) is 0 Å². The van der Waals surface area contributed by atoms with Crippen molar-refractivity contribution in [3.8, 4) is 0 Å². The minimum absolute atomic E-state index is 0.132. The number of hydrogen-bond donors (Lipinski definition) is 1. The Kier molecular flexibility index (Phi) is 6.11. The first-order valence-electron chi connectivity index (χ1n) is 9.55. The first-order valence-corrected chi connectivity index (χ1v) is 9.55. The summed E-state index contributed by atoms with van der Waals surface area (Å²) < 4.78 is 5.49. The first-order chi connectivity index (χ1) is 11.6. The molecule has 0 radical (unpaired) electrons. The Morgan fingerprint density at radius 2 is 1.79 bits per heavy atom. The Morgan fingerprint density at radius 3 is 2.46 bits per heavy atom. The van der Waals surface area contributed by atoms with E-state index in [-0.39, 0.29) is 17.9 Å². The highest BCUT2D eigenvalue weighted by Gasteiger charge is 2.31. The van der Waals surface area contributed by atoms with Gasteiger partial charge in [0, 0.05) is 38.8 Å². The van der Waals surface area contributed by atoms with E-state index in [1.165, 1.54) is 19.3 Å².